The summed E-state index contributed by atoms with van der Waals surface area (Å²) in [6.07, 6.45) is 1.41. The van der Waals surface area contributed by atoms with Gasteiger partial charge in [-0.3, -0.25) is 9.59 Å². The van der Waals surface area contributed by atoms with Crippen LogP contribution in [0, 0.1) is 5.92 Å². The Bertz CT molecular complexity index is 295. The van der Waals surface area contributed by atoms with E-state index in [9.17, 15) is 9.59 Å². The number of hydrogen-bond donors (Lipinski definition) is 1. The second kappa shape index (κ2) is 5.49. The van der Waals surface area contributed by atoms with Gasteiger partial charge < -0.3 is 14.7 Å². The monoisotopic (exact) mass is 243 g/mol. The molecule has 98 valence electrons. The van der Waals surface area contributed by atoms with Crippen molar-refractivity contribution in [3.63, 3.8) is 0 Å². The van der Waals surface area contributed by atoms with Crippen LogP contribution in [0.15, 0.2) is 0 Å². The molecule has 17 heavy (non-hydrogen) atoms. The number of carbonyl (C=O) groups excluding carboxylic acids is 1. The topological polar surface area (TPSA) is 66.8 Å². The summed E-state index contributed by atoms with van der Waals surface area (Å²) in [7, 11) is 1.68. The molecular weight excluding hydrogens is 222 g/mol. The highest BCUT2D eigenvalue weighted by molar-refractivity contribution is 5.80. The maximum Gasteiger partial charge on any atom is 0.305 e. The van der Waals surface area contributed by atoms with Crippen molar-refractivity contribution in [2.45, 2.75) is 38.6 Å². The smallest absolute Gasteiger partial charge is 0.305 e. The van der Waals surface area contributed by atoms with E-state index in [-0.39, 0.29) is 18.2 Å². The van der Waals surface area contributed by atoms with Gasteiger partial charge >= 0.3 is 5.97 Å². The van der Waals surface area contributed by atoms with Gasteiger partial charge in [-0.2, -0.15) is 0 Å². The van der Waals surface area contributed by atoms with Crippen LogP contribution in [-0.2, 0) is 14.3 Å². The van der Waals surface area contributed by atoms with Crippen LogP contribution in [0.25, 0.3) is 0 Å². The molecular formula is C12H21NO4. The second-order valence-electron chi connectivity index (χ2n) is 5.17. The molecule has 0 bridgehead atoms. The summed E-state index contributed by atoms with van der Waals surface area (Å²) in [5.74, 6) is -0.886. The fourth-order valence-electron chi connectivity index (χ4n) is 2.01. The van der Waals surface area contributed by atoms with Gasteiger partial charge in [0.1, 0.15) is 0 Å². The molecule has 1 aliphatic rings. The molecule has 5 heteroatoms. The zero-order valence-corrected chi connectivity index (χ0v) is 10.7. The molecule has 0 spiro atoms. The normalized spacial score (nSPS) is 17.8. The Morgan fingerprint density at radius 2 is 1.88 bits per heavy atom. The lowest BCUT2D eigenvalue weighted by Crippen LogP contribution is -2.49. The van der Waals surface area contributed by atoms with Crippen molar-refractivity contribution < 1.29 is 19.4 Å². The fraction of sp³-hybridized carbons (Fsp3) is 0.833. The molecule has 1 heterocycles. The lowest BCUT2D eigenvalue weighted by atomic mass is 9.93. The summed E-state index contributed by atoms with van der Waals surface area (Å²) in [6.45, 7) is 4.78. The van der Waals surface area contributed by atoms with Gasteiger partial charge in [-0.15, -0.1) is 0 Å². The highest BCUT2D eigenvalue weighted by Gasteiger charge is 2.34. The predicted octanol–water partition coefficient (Wildman–Crippen LogP) is 1.12. The van der Waals surface area contributed by atoms with Gasteiger partial charge in [-0.25, -0.2) is 0 Å². The zero-order chi connectivity index (χ0) is 13.1. The summed E-state index contributed by atoms with van der Waals surface area (Å²) in [5, 5.41) is 8.83. The minimum absolute atomic E-state index is 0.0261. The number of carboxylic acid groups (broad SMARTS) is 1. The Hall–Kier alpha value is -1.10. The van der Waals surface area contributed by atoms with Gasteiger partial charge in [0.05, 0.1) is 6.42 Å². The van der Waals surface area contributed by atoms with E-state index in [2.05, 4.69) is 0 Å². The van der Waals surface area contributed by atoms with Gasteiger partial charge in [0.2, 0.25) is 5.91 Å². The van der Waals surface area contributed by atoms with Gasteiger partial charge in [-0.05, 0) is 26.7 Å². The average Bonchev–Trinajstić information content (AvgIpc) is 2.26. The third-order valence-corrected chi connectivity index (χ3v) is 3.39. The quantitative estimate of drug-likeness (QED) is 0.803. The molecule has 1 N–H and O–H groups in total. The average molecular weight is 243 g/mol. The third-order valence-electron chi connectivity index (χ3n) is 3.39. The van der Waals surface area contributed by atoms with E-state index < -0.39 is 11.5 Å². The highest BCUT2D eigenvalue weighted by Crippen LogP contribution is 2.23. The summed E-state index contributed by atoms with van der Waals surface area (Å²) in [6, 6.07) is 0. The van der Waals surface area contributed by atoms with E-state index in [1.165, 1.54) is 0 Å². The molecule has 1 fully saturated rings. The van der Waals surface area contributed by atoms with Gasteiger partial charge in [-0.1, -0.05) is 0 Å². The molecule has 0 unspecified atom stereocenters. The van der Waals surface area contributed by atoms with Gasteiger partial charge in [0, 0.05) is 31.7 Å². The first-order valence-corrected chi connectivity index (χ1v) is 5.92. The first kappa shape index (κ1) is 14.0. The Kier molecular flexibility index (Phi) is 4.51. The number of carbonyl (C=O) groups is 2. The Labute approximate surface area is 102 Å². The molecule has 0 aliphatic carbocycles. The Morgan fingerprint density at radius 3 is 2.35 bits per heavy atom. The number of amides is 1. The fourth-order valence-corrected chi connectivity index (χ4v) is 2.01. The van der Waals surface area contributed by atoms with Crippen molar-refractivity contribution in [1.82, 2.24) is 4.90 Å². The summed E-state index contributed by atoms with van der Waals surface area (Å²) in [5.41, 5.74) is -0.652. The molecule has 0 aromatic carbocycles. The van der Waals surface area contributed by atoms with Crippen LogP contribution in [0.5, 0.6) is 0 Å². The maximum atomic E-state index is 12.2. The zero-order valence-electron chi connectivity index (χ0n) is 10.7. The maximum absolute atomic E-state index is 12.2. The van der Waals surface area contributed by atoms with Crippen LogP contribution < -0.4 is 0 Å². The minimum atomic E-state index is -0.887. The van der Waals surface area contributed by atoms with Crippen molar-refractivity contribution in [3.8, 4) is 0 Å². The van der Waals surface area contributed by atoms with Crippen molar-refractivity contribution >= 4 is 11.9 Å². The molecule has 0 saturated carbocycles. The number of rotatable bonds is 4. The van der Waals surface area contributed by atoms with Crippen molar-refractivity contribution in [2.24, 2.45) is 5.92 Å². The SMILES string of the molecule is CN(C(=O)C1CCOCC1)C(C)(C)CC(=O)O. The first-order chi connectivity index (χ1) is 7.84. The predicted molar refractivity (Wildman–Crippen MR) is 62.6 cm³/mol. The second-order valence-corrected chi connectivity index (χ2v) is 5.17. The van der Waals surface area contributed by atoms with E-state index in [0.717, 1.165) is 12.8 Å². The lowest BCUT2D eigenvalue weighted by Gasteiger charge is -2.37. The van der Waals surface area contributed by atoms with Crippen molar-refractivity contribution in [3.05, 3.63) is 0 Å². The molecule has 0 atom stereocenters. The Balaban J connectivity index is 2.63. The van der Waals surface area contributed by atoms with E-state index in [4.69, 9.17) is 9.84 Å². The number of ether oxygens (including phenoxy) is 1. The number of hydrogen-bond acceptors (Lipinski definition) is 3. The number of aliphatic carboxylic acids is 1. The van der Waals surface area contributed by atoms with Crippen LogP contribution >= 0.6 is 0 Å². The first-order valence-electron chi connectivity index (χ1n) is 5.92. The molecule has 1 saturated heterocycles. The van der Waals surface area contributed by atoms with Crippen LogP contribution in [0.3, 0.4) is 0 Å². The molecule has 0 radical (unpaired) electrons. The molecule has 0 aromatic heterocycles. The van der Waals surface area contributed by atoms with E-state index in [1.807, 2.05) is 0 Å². The van der Waals surface area contributed by atoms with E-state index >= 15 is 0 Å². The summed E-state index contributed by atoms with van der Waals surface area (Å²) >= 11 is 0. The van der Waals surface area contributed by atoms with Crippen LogP contribution in [-0.4, -0.2) is 47.7 Å². The molecule has 0 aromatic rings. The molecule has 5 nitrogen and oxygen atoms in total. The van der Waals surface area contributed by atoms with Crippen molar-refractivity contribution in [2.75, 3.05) is 20.3 Å². The van der Waals surface area contributed by atoms with Crippen molar-refractivity contribution in [1.29, 1.82) is 0 Å². The van der Waals surface area contributed by atoms with E-state index in [0.29, 0.717) is 13.2 Å². The highest BCUT2D eigenvalue weighted by atomic mass is 16.5. The Morgan fingerprint density at radius 1 is 1.35 bits per heavy atom. The molecule has 1 rings (SSSR count). The van der Waals surface area contributed by atoms with Gasteiger partial charge in [0.15, 0.2) is 0 Å². The van der Waals surface area contributed by atoms with Gasteiger partial charge in [0.25, 0.3) is 0 Å². The summed E-state index contributed by atoms with van der Waals surface area (Å²) in [4.78, 5) is 24.5. The number of carboxylic acids is 1. The van der Waals surface area contributed by atoms with Crippen LogP contribution in [0.4, 0.5) is 0 Å². The molecule has 1 aliphatic heterocycles. The third kappa shape index (κ3) is 3.70. The van der Waals surface area contributed by atoms with E-state index in [1.54, 1.807) is 25.8 Å². The summed E-state index contributed by atoms with van der Waals surface area (Å²) < 4.78 is 5.21. The van der Waals surface area contributed by atoms with Crippen LogP contribution in [0.2, 0.25) is 0 Å². The minimum Gasteiger partial charge on any atom is -0.481 e. The lowest BCUT2D eigenvalue weighted by molar-refractivity contribution is -0.146. The molecule has 1 amide bonds. The standard InChI is InChI=1S/C12H21NO4/c1-12(2,8-10(14)15)13(3)11(16)9-4-6-17-7-5-9/h9H,4-8H2,1-3H3,(H,14,15). The number of nitrogens with zero attached hydrogens (tertiary/aromatic N) is 1. The van der Waals surface area contributed by atoms with Crippen LogP contribution in [0.1, 0.15) is 33.1 Å². The largest absolute Gasteiger partial charge is 0.481 e.